The molecule has 1 amide bonds. The minimum Gasteiger partial charge on any atom is -0.480 e. The summed E-state index contributed by atoms with van der Waals surface area (Å²) < 4.78 is 5.29. The Balaban J connectivity index is 2.23. The molecular weight excluding hydrogens is 234 g/mol. The summed E-state index contributed by atoms with van der Waals surface area (Å²) >= 11 is 0. The number of ether oxygens (including phenoxy) is 1. The molecular formula is C13H15NO4. The number of benzene rings is 1. The summed E-state index contributed by atoms with van der Waals surface area (Å²) in [6.07, 6.45) is -0.145. The second-order valence-electron chi connectivity index (χ2n) is 4.32. The van der Waals surface area contributed by atoms with Gasteiger partial charge in [0, 0.05) is 12.1 Å². The Morgan fingerprint density at radius 3 is 2.61 bits per heavy atom. The molecule has 0 spiro atoms. The zero-order chi connectivity index (χ0) is 13.1. The van der Waals surface area contributed by atoms with Crippen LogP contribution < -0.4 is 0 Å². The molecule has 0 aromatic heterocycles. The van der Waals surface area contributed by atoms with Crippen LogP contribution in [-0.2, 0) is 9.53 Å². The number of rotatable bonds is 2. The highest BCUT2D eigenvalue weighted by atomic mass is 16.5. The van der Waals surface area contributed by atoms with E-state index in [2.05, 4.69) is 0 Å². The third-order valence-electron chi connectivity index (χ3n) is 2.94. The minimum absolute atomic E-state index is 0.0368. The summed E-state index contributed by atoms with van der Waals surface area (Å²) in [5.74, 6) is -1.30. The molecule has 0 saturated carbocycles. The van der Waals surface area contributed by atoms with Crippen LogP contribution in [0.5, 0.6) is 0 Å². The van der Waals surface area contributed by atoms with E-state index in [1.54, 1.807) is 24.3 Å². The van der Waals surface area contributed by atoms with E-state index >= 15 is 0 Å². The molecule has 1 heterocycles. The Kier molecular flexibility index (Phi) is 3.62. The normalized spacial score (nSPS) is 23.7. The first-order valence-electron chi connectivity index (χ1n) is 5.80. The van der Waals surface area contributed by atoms with Gasteiger partial charge in [-0.3, -0.25) is 4.79 Å². The van der Waals surface area contributed by atoms with Gasteiger partial charge in [-0.15, -0.1) is 0 Å². The Labute approximate surface area is 105 Å². The van der Waals surface area contributed by atoms with Crippen molar-refractivity contribution in [2.24, 2.45) is 0 Å². The van der Waals surface area contributed by atoms with Gasteiger partial charge in [0.05, 0.1) is 12.7 Å². The van der Waals surface area contributed by atoms with Gasteiger partial charge in [-0.25, -0.2) is 4.79 Å². The highest BCUT2D eigenvalue weighted by molar-refractivity contribution is 5.96. The number of carboxylic acid groups (broad SMARTS) is 1. The van der Waals surface area contributed by atoms with Gasteiger partial charge in [0.1, 0.15) is 0 Å². The first-order chi connectivity index (χ1) is 8.59. The Morgan fingerprint density at radius 2 is 2.00 bits per heavy atom. The number of carboxylic acids is 1. The van der Waals surface area contributed by atoms with E-state index in [1.807, 2.05) is 13.0 Å². The fourth-order valence-corrected chi connectivity index (χ4v) is 1.98. The van der Waals surface area contributed by atoms with Crippen molar-refractivity contribution >= 4 is 11.9 Å². The van der Waals surface area contributed by atoms with Gasteiger partial charge in [0.15, 0.2) is 6.04 Å². The molecule has 1 saturated heterocycles. The van der Waals surface area contributed by atoms with Crippen molar-refractivity contribution in [1.29, 1.82) is 0 Å². The molecule has 96 valence electrons. The molecule has 1 aromatic rings. The van der Waals surface area contributed by atoms with Crippen LogP contribution in [0.1, 0.15) is 17.3 Å². The molecule has 0 radical (unpaired) electrons. The molecule has 18 heavy (non-hydrogen) atoms. The summed E-state index contributed by atoms with van der Waals surface area (Å²) in [5.41, 5.74) is 0.498. The van der Waals surface area contributed by atoms with Gasteiger partial charge < -0.3 is 14.7 Å². The zero-order valence-electron chi connectivity index (χ0n) is 10.1. The summed E-state index contributed by atoms with van der Waals surface area (Å²) in [7, 11) is 0. The number of morpholine rings is 1. The fourth-order valence-electron chi connectivity index (χ4n) is 1.98. The van der Waals surface area contributed by atoms with Gasteiger partial charge >= 0.3 is 5.97 Å². The van der Waals surface area contributed by atoms with Crippen LogP contribution in [0.2, 0.25) is 0 Å². The Morgan fingerprint density at radius 1 is 1.33 bits per heavy atom. The molecule has 2 atom stereocenters. The number of hydrogen-bond donors (Lipinski definition) is 1. The lowest BCUT2D eigenvalue weighted by molar-refractivity contribution is -0.150. The largest absolute Gasteiger partial charge is 0.480 e. The van der Waals surface area contributed by atoms with E-state index in [-0.39, 0.29) is 18.6 Å². The molecule has 1 N–H and O–H groups in total. The van der Waals surface area contributed by atoms with Crippen LogP contribution in [0.4, 0.5) is 0 Å². The monoisotopic (exact) mass is 249 g/mol. The first kappa shape index (κ1) is 12.6. The first-order valence-corrected chi connectivity index (χ1v) is 5.80. The van der Waals surface area contributed by atoms with Crippen molar-refractivity contribution in [3.8, 4) is 0 Å². The molecule has 1 fully saturated rings. The summed E-state index contributed by atoms with van der Waals surface area (Å²) in [5, 5.41) is 9.12. The van der Waals surface area contributed by atoms with Gasteiger partial charge in [-0.05, 0) is 19.1 Å². The molecule has 0 aliphatic carbocycles. The minimum atomic E-state index is -1.04. The maximum Gasteiger partial charge on any atom is 0.328 e. The molecule has 1 aromatic carbocycles. The second-order valence-corrected chi connectivity index (χ2v) is 4.32. The molecule has 1 aliphatic heterocycles. The van der Waals surface area contributed by atoms with Crippen molar-refractivity contribution in [1.82, 2.24) is 4.90 Å². The van der Waals surface area contributed by atoms with Crippen LogP contribution in [-0.4, -0.2) is 47.2 Å². The van der Waals surface area contributed by atoms with E-state index in [0.717, 1.165) is 0 Å². The number of hydrogen-bond acceptors (Lipinski definition) is 3. The van der Waals surface area contributed by atoms with Crippen molar-refractivity contribution < 1.29 is 19.4 Å². The van der Waals surface area contributed by atoms with E-state index in [0.29, 0.717) is 12.1 Å². The molecule has 0 bridgehead atoms. The average molecular weight is 249 g/mol. The molecule has 1 aliphatic rings. The third kappa shape index (κ3) is 2.51. The highest BCUT2D eigenvalue weighted by Crippen LogP contribution is 2.16. The number of carbonyl (C=O) groups is 2. The van der Waals surface area contributed by atoms with Crippen LogP contribution in [0.15, 0.2) is 30.3 Å². The summed E-state index contributed by atoms with van der Waals surface area (Å²) in [4.78, 5) is 24.8. The Hall–Kier alpha value is -1.88. The topological polar surface area (TPSA) is 66.8 Å². The maximum absolute atomic E-state index is 12.3. The second kappa shape index (κ2) is 5.18. The van der Waals surface area contributed by atoms with Crippen molar-refractivity contribution in [2.45, 2.75) is 19.1 Å². The molecule has 2 rings (SSSR count). The zero-order valence-corrected chi connectivity index (χ0v) is 10.1. The average Bonchev–Trinajstić information content (AvgIpc) is 2.38. The highest BCUT2D eigenvalue weighted by Gasteiger charge is 2.35. The van der Waals surface area contributed by atoms with Crippen LogP contribution in [0, 0.1) is 0 Å². The van der Waals surface area contributed by atoms with Crippen molar-refractivity contribution in [2.75, 3.05) is 13.2 Å². The van der Waals surface area contributed by atoms with E-state index in [1.165, 1.54) is 4.90 Å². The predicted octanol–water partition coefficient (Wildman–Crippen LogP) is 1.00. The molecule has 5 heteroatoms. The van der Waals surface area contributed by atoms with E-state index in [4.69, 9.17) is 9.84 Å². The maximum atomic E-state index is 12.3. The van der Waals surface area contributed by atoms with E-state index in [9.17, 15) is 9.59 Å². The standard InChI is InChI=1S/C13H15NO4/c1-9-7-14(11(8-18-9)13(16)17)12(15)10-5-3-2-4-6-10/h2-6,9,11H,7-8H2,1H3,(H,16,17)/t9-,11+/m1/s1. The lowest BCUT2D eigenvalue weighted by Crippen LogP contribution is -2.55. The number of amides is 1. The van der Waals surface area contributed by atoms with Crippen LogP contribution in [0.3, 0.4) is 0 Å². The number of carbonyl (C=O) groups excluding carboxylic acids is 1. The lowest BCUT2D eigenvalue weighted by atomic mass is 10.1. The van der Waals surface area contributed by atoms with Gasteiger partial charge in [0.25, 0.3) is 5.91 Å². The van der Waals surface area contributed by atoms with E-state index < -0.39 is 12.0 Å². The van der Waals surface area contributed by atoms with Gasteiger partial charge in [-0.2, -0.15) is 0 Å². The fraction of sp³-hybridized carbons (Fsp3) is 0.385. The van der Waals surface area contributed by atoms with Crippen molar-refractivity contribution in [3.05, 3.63) is 35.9 Å². The van der Waals surface area contributed by atoms with Crippen molar-refractivity contribution in [3.63, 3.8) is 0 Å². The SMILES string of the molecule is C[C@@H]1CN(C(=O)c2ccccc2)[C@H](C(=O)O)CO1. The van der Waals surface area contributed by atoms with Crippen LogP contribution >= 0.6 is 0 Å². The lowest BCUT2D eigenvalue weighted by Gasteiger charge is -2.36. The quantitative estimate of drug-likeness (QED) is 0.849. The predicted molar refractivity (Wildman–Crippen MR) is 64.3 cm³/mol. The smallest absolute Gasteiger partial charge is 0.328 e. The number of aliphatic carboxylic acids is 1. The summed E-state index contributed by atoms with van der Waals surface area (Å²) in [6, 6.07) is 7.78. The molecule has 0 unspecified atom stereocenters. The number of nitrogens with zero attached hydrogens (tertiary/aromatic N) is 1. The molecule has 5 nitrogen and oxygen atoms in total. The van der Waals surface area contributed by atoms with Crippen LogP contribution in [0.25, 0.3) is 0 Å². The van der Waals surface area contributed by atoms with Gasteiger partial charge in [-0.1, -0.05) is 18.2 Å². The Bertz CT molecular complexity index is 446. The summed E-state index contributed by atoms with van der Waals surface area (Å²) in [6.45, 7) is 2.16. The van der Waals surface area contributed by atoms with Gasteiger partial charge in [0.2, 0.25) is 0 Å². The third-order valence-corrected chi connectivity index (χ3v) is 2.94.